The molecule has 0 aromatic heterocycles. The van der Waals surface area contributed by atoms with Crippen LogP contribution in [0.15, 0.2) is 40.7 Å². The minimum Gasteiger partial charge on any atom is -0.477 e. The summed E-state index contributed by atoms with van der Waals surface area (Å²) in [6.07, 6.45) is -3.31. The van der Waals surface area contributed by atoms with Gasteiger partial charge in [0, 0.05) is 0 Å². The van der Waals surface area contributed by atoms with Gasteiger partial charge in [0.2, 0.25) is 5.88 Å². The molecule has 0 atom stereocenters. The van der Waals surface area contributed by atoms with Gasteiger partial charge < -0.3 is 9.84 Å². The molecule has 0 spiro atoms. The molecule has 0 saturated carbocycles. The van der Waals surface area contributed by atoms with Crippen molar-refractivity contribution in [3.63, 3.8) is 0 Å². The molecule has 0 saturated heterocycles. The van der Waals surface area contributed by atoms with Crippen molar-refractivity contribution < 1.29 is 27.8 Å². The average Bonchev–Trinajstić information content (AvgIpc) is 2.26. The van der Waals surface area contributed by atoms with Gasteiger partial charge in [-0.2, -0.15) is 13.2 Å². The Kier molecular flexibility index (Phi) is 3.28. The molecule has 1 aromatic rings. The van der Waals surface area contributed by atoms with Crippen molar-refractivity contribution in [3.05, 3.63) is 46.8 Å². The second-order valence-corrected chi connectivity index (χ2v) is 3.77. The molecule has 2 rings (SSSR count). The predicted molar refractivity (Wildman–Crippen MR) is 59.4 cm³/mol. The standard InChI is InChI=1S/C12H8F3NO3/c13-12(14,15)8-3-1-2-7(4-8)6-19-10-9(5-16-10)11(17)18/h1-5H,6H2,(H,17,18). The van der Waals surface area contributed by atoms with Crippen LogP contribution in [0.25, 0.3) is 0 Å². The van der Waals surface area contributed by atoms with Gasteiger partial charge in [-0.05, 0) is 17.7 Å². The topological polar surface area (TPSA) is 58.9 Å². The second-order valence-electron chi connectivity index (χ2n) is 3.77. The zero-order valence-electron chi connectivity index (χ0n) is 9.44. The summed E-state index contributed by atoms with van der Waals surface area (Å²) < 4.78 is 42.4. The summed E-state index contributed by atoms with van der Waals surface area (Å²) in [6.45, 7) is -0.173. The molecule has 0 fully saturated rings. The zero-order chi connectivity index (χ0) is 14.0. The van der Waals surface area contributed by atoms with E-state index in [2.05, 4.69) is 4.99 Å². The maximum Gasteiger partial charge on any atom is 0.416 e. The number of benzene rings is 1. The molecule has 19 heavy (non-hydrogen) atoms. The molecule has 0 aliphatic carbocycles. The first-order valence-corrected chi connectivity index (χ1v) is 5.18. The number of alkyl halides is 3. The Labute approximate surface area is 105 Å². The van der Waals surface area contributed by atoms with Crippen LogP contribution in [-0.2, 0) is 22.3 Å². The normalized spacial score (nSPS) is 14.3. The second kappa shape index (κ2) is 4.75. The Morgan fingerprint density at radius 2 is 2.11 bits per heavy atom. The van der Waals surface area contributed by atoms with E-state index in [1.165, 1.54) is 12.1 Å². The van der Waals surface area contributed by atoms with Crippen molar-refractivity contribution >= 4 is 12.2 Å². The molecule has 0 radical (unpaired) electrons. The van der Waals surface area contributed by atoms with E-state index in [-0.39, 0.29) is 23.6 Å². The van der Waals surface area contributed by atoms with E-state index in [1.54, 1.807) is 0 Å². The largest absolute Gasteiger partial charge is 0.477 e. The fourth-order valence-corrected chi connectivity index (χ4v) is 1.43. The molecular formula is C12H8F3NO3. The number of nitrogens with zero attached hydrogens (tertiary/aromatic N) is 1. The van der Waals surface area contributed by atoms with Gasteiger partial charge in [-0.3, -0.25) is 0 Å². The van der Waals surface area contributed by atoms with Crippen LogP contribution in [-0.4, -0.2) is 17.3 Å². The van der Waals surface area contributed by atoms with Crippen molar-refractivity contribution in [1.29, 1.82) is 0 Å². The minimum absolute atomic E-state index is 0.0788. The maximum absolute atomic E-state index is 12.5. The van der Waals surface area contributed by atoms with Crippen molar-refractivity contribution in [2.24, 2.45) is 4.99 Å². The molecule has 4 nitrogen and oxygen atoms in total. The van der Waals surface area contributed by atoms with Crippen LogP contribution >= 0.6 is 0 Å². The Morgan fingerprint density at radius 1 is 1.37 bits per heavy atom. The Balaban J connectivity index is 2.05. The number of carboxylic acid groups (broad SMARTS) is 1. The number of aliphatic carboxylic acids is 1. The lowest BCUT2D eigenvalue weighted by molar-refractivity contribution is -0.137. The summed E-state index contributed by atoms with van der Waals surface area (Å²) in [4.78, 5) is 14.2. The Bertz CT molecular complexity index is 576. The molecule has 0 bridgehead atoms. The number of aliphatic imine (C=N–C) groups is 1. The summed E-state index contributed by atoms with van der Waals surface area (Å²) >= 11 is 0. The third kappa shape index (κ3) is 2.93. The van der Waals surface area contributed by atoms with Crippen LogP contribution in [0.1, 0.15) is 11.1 Å². The highest BCUT2D eigenvalue weighted by Gasteiger charge is 2.30. The van der Waals surface area contributed by atoms with Crippen LogP contribution in [0, 0.1) is 0 Å². The molecule has 1 aromatic carbocycles. The Hall–Kier alpha value is -2.31. The van der Waals surface area contributed by atoms with Gasteiger partial charge in [-0.15, -0.1) is 0 Å². The first-order valence-electron chi connectivity index (χ1n) is 5.18. The number of rotatable bonds is 4. The van der Waals surface area contributed by atoms with E-state index in [0.29, 0.717) is 0 Å². The fraction of sp³-hybridized carbons (Fsp3) is 0.167. The summed E-state index contributed by atoms with van der Waals surface area (Å²) in [6, 6.07) is 4.62. The molecular weight excluding hydrogens is 263 g/mol. The van der Waals surface area contributed by atoms with Gasteiger partial charge in [0.05, 0.1) is 11.8 Å². The number of carbonyl (C=O) groups is 1. The number of carboxylic acids is 1. The van der Waals surface area contributed by atoms with Gasteiger partial charge >= 0.3 is 12.1 Å². The van der Waals surface area contributed by atoms with E-state index in [1.807, 2.05) is 0 Å². The summed E-state index contributed by atoms with van der Waals surface area (Å²) in [5.41, 5.74) is -0.584. The molecule has 0 unspecified atom stereocenters. The minimum atomic E-state index is -4.42. The molecule has 1 heterocycles. The number of hydrogen-bond donors (Lipinski definition) is 1. The number of hydrogen-bond acceptors (Lipinski definition) is 3. The van der Waals surface area contributed by atoms with E-state index in [0.717, 1.165) is 18.3 Å². The number of halogens is 3. The van der Waals surface area contributed by atoms with E-state index >= 15 is 0 Å². The summed E-state index contributed by atoms with van der Waals surface area (Å²) in [5, 5.41) is 8.67. The first kappa shape index (κ1) is 13.1. The average molecular weight is 271 g/mol. The van der Waals surface area contributed by atoms with Crippen molar-refractivity contribution in [1.82, 2.24) is 0 Å². The third-order valence-corrected chi connectivity index (χ3v) is 2.40. The van der Waals surface area contributed by atoms with Gasteiger partial charge in [-0.1, -0.05) is 12.1 Å². The van der Waals surface area contributed by atoms with E-state index in [4.69, 9.17) is 9.84 Å². The fourth-order valence-electron chi connectivity index (χ4n) is 1.43. The predicted octanol–water partition coefficient (Wildman–Crippen LogP) is 2.60. The zero-order valence-corrected chi connectivity index (χ0v) is 9.44. The van der Waals surface area contributed by atoms with Crippen LogP contribution in [0.4, 0.5) is 13.2 Å². The molecule has 1 N–H and O–H groups in total. The van der Waals surface area contributed by atoms with Crippen LogP contribution < -0.4 is 0 Å². The Morgan fingerprint density at radius 3 is 2.63 bits per heavy atom. The molecule has 7 heteroatoms. The van der Waals surface area contributed by atoms with Crippen molar-refractivity contribution in [2.75, 3.05) is 0 Å². The van der Waals surface area contributed by atoms with Crippen molar-refractivity contribution in [2.45, 2.75) is 12.8 Å². The highest BCUT2D eigenvalue weighted by atomic mass is 19.4. The van der Waals surface area contributed by atoms with Crippen LogP contribution in [0.3, 0.4) is 0 Å². The smallest absolute Gasteiger partial charge is 0.416 e. The van der Waals surface area contributed by atoms with Gasteiger partial charge in [0.25, 0.3) is 0 Å². The van der Waals surface area contributed by atoms with Gasteiger partial charge in [0.1, 0.15) is 12.2 Å². The SMILES string of the molecule is O=C(O)C1=C(OCc2cccc(C(F)(F)F)c2)N=C1. The van der Waals surface area contributed by atoms with E-state index in [9.17, 15) is 18.0 Å². The highest BCUT2D eigenvalue weighted by Crippen LogP contribution is 2.30. The summed E-state index contributed by atoms with van der Waals surface area (Å²) in [7, 11) is 0. The lowest BCUT2D eigenvalue weighted by atomic mass is 10.1. The molecule has 1 aliphatic rings. The first-order chi connectivity index (χ1) is 8.88. The lowest BCUT2D eigenvalue weighted by Crippen LogP contribution is -2.14. The van der Waals surface area contributed by atoms with E-state index < -0.39 is 17.7 Å². The van der Waals surface area contributed by atoms with Crippen LogP contribution in [0.5, 0.6) is 0 Å². The van der Waals surface area contributed by atoms with Gasteiger partial charge in [0.15, 0.2) is 0 Å². The highest BCUT2D eigenvalue weighted by molar-refractivity contribution is 6.12. The van der Waals surface area contributed by atoms with Crippen LogP contribution in [0.2, 0.25) is 0 Å². The quantitative estimate of drug-likeness (QED) is 0.915. The van der Waals surface area contributed by atoms with Gasteiger partial charge in [-0.25, -0.2) is 9.79 Å². The molecule has 1 aliphatic heterocycles. The molecule has 100 valence electrons. The monoisotopic (exact) mass is 271 g/mol. The lowest BCUT2D eigenvalue weighted by Gasteiger charge is -2.14. The van der Waals surface area contributed by atoms with Crippen molar-refractivity contribution in [3.8, 4) is 0 Å². The maximum atomic E-state index is 12.5. The summed E-state index contributed by atoms with van der Waals surface area (Å²) in [5.74, 6) is -1.26. The third-order valence-electron chi connectivity index (χ3n) is 2.40. The number of ether oxygens (including phenoxy) is 1. The molecule has 0 amide bonds.